The zero-order chi connectivity index (χ0) is 16.2. The predicted octanol–water partition coefficient (Wildman–Crippen LogP) is 1.46. The zero-order valence-electron chi connectivity index (χ0n) is 13.2. The van der Waals surface area contributed by atoms with Crippen LogP contribution in [0.25, 0.3) is 0 Å². The zero-order valence-corrected chi connectivity index (χ0v) is 16.4. The lowest BCUT2D eigenvalue weighted by atomic mass is 10.2. The van der Waals surface area contributed by atoms with E-state index in [1.165, 1.54) is 10.6 Å². The van der Waals surface area contributed by atoms with Crippen molar-refractivity contribution in [2.75, 3.05) is 31.8 Å². The van der Waals surface area contributed by atoms with Gasteiger partial charge in [-0.1, -0.05) is 6.07 Å². The molecule has 0 bridgehead atoms. The van der Waals surface area contributed by atoms with E-state index in [9.17, 15) is 8.42 Å². The van der Waals surface area contributed by atoms with E-state index in [1.807, 2.05) is 18.2 Å². The minimum atomic E-state index is -3.18. The number of hydrogen-bond donors (Lipinski definition) is 2. The van der Waals surface area contributed by atoms with Gasteiger partial charge in [-0.05, 0) is 25.0 Å². The van der Waals surface area contributed by atoms with Crippen LogP contribution in [-0.4, -0.2) is 51.2 Å². The lowest BCUT2D eigenvalue weighted by Gasteiger charge is -2.20. The number of guanidine groups is 1. The number of aliphatic imine (C=N–C) groups is 1. The van der Waals surface area contributed by atoms with Crippen LogP contribution in [0.15, 0.2) is 29.3 Å². The van der Waals surface area contributed by atoms with Crippen molar-refractivity contribution in [3.63, 3.8) is 0 Å². The molecule has 1 aliphatic heterocycles. The van der Waals surface area contributed by atoms with Gasteiger partial charge in [-0.2, -0.15) is 4.31 Å². The Balaban J connectivity index is 0.00000264. The fraction of sp³-hybridized carbons (Fsp3) is 0.500. The Morgan fingerprint density at radius 3 is 2.91 bits per heavy atom. The molecule has 1 aromatic rings. The van der Waals surface area contributed by atoms with Crippen molar-refractivity contribution in [3.8, 4) is 5.75 Å². The second kappa shape index (κ2) is 8.69. The number of nitrogens with two attached hydrogens (primary N) is 1. The van der Waals surface area contributed by atoms with E-state index >= 15 is 0 Å². The molecule has 1 aromatic carbocycles. The van der Waals surface area contributed by atoms with Crippen LogP contribution in [0.5, 0.6) is 5.75 Å². The Kier molecular flexibility index (Phi) is 7.55. The second-order valence-electron chi connectivity index (χ2n) is 5.25. The van der Waals surface area contributed by atoms with Crippen molar-refractivity contribution in [1.82, 2.24) is 4.31 Å². The smallest absolute Gasteiger partial charge is 0.211 e. The van der Waals surface area contributed by atoms with Gasteiger partial charge in [0, 0.05) is 24.3 Å². The highest BCUT2D eigenvalue weighted by molar-refractivity contribution is 14.0. The average molecular weight is 454 g/mol. The quantitative estimate of drug-likeness (QED) is 0.399. The molecule has 0 amide bonds. The van der Waals surface area contributed by atoms with Crippen molar-refractivity contribution in [3.05, 3.63) is 24.3 Å². The topological polar surface area (TPSA) is 97.0 Å². The molecule has 0 saturated carbocycles. The number of methoxy groups -OCH3 is 1. The summed E-state index contributed by atoms with van der Waals surface area (Å²) < 4.78 is 30.0. The first-order valence-corrected chi connectivity index (χ1v) is 8.93. The third-order valence-corrected chi connectivity index (χ3v) is 4.90. The Hall–Kier alpha value is -1.07. The molecule has 130 valence electrons. The summed E-state index contributed by atoms with van der Waals surface area (Å²) in [6.07, 6.45) is 2.90. The number of anilines is 1. The van der Waals surface area contributed by atoms with Crippen LogP contribution in [0.4, 0.5) is 5.69 Å². The average Bonchev–Trinajstić information content (AvgIpc) is 2.94. The number of rotatable bonds is 5. The van der Waals surface area contributed by atoms with E-state index < -0.39 is 10.0 Å². The maximum atomic E-state index is 11.7. The third kappa shape index (κ3) is 5.81. The molecule has 1 saturated heterocycles. The molecule has 1 aliphatic rings. The molecule has 7 nitrogen and oxygen atoms in total. The van der Waals surface area contributed by atoms with E-state index in [0.29, 0.717) is 13.1 Å². The lowest BCUT2D eigenvalue weighted by Crippen LogP contribution is -2.37. The van der Waals surface area contributed by atoms with Gasteiger partial charge < -0.3 is 15.8 Å². The molecule has 1 atom stereocenters. The van der Waals surface area contributed by atoms with Gasteiger partial charge in [0.25, 0.3) is 0 Å². The standard InChI is InChI=1S/C14H22N4O3S.HI/c1-21-13-7-3-5-11(9-13)17-14(15)16-10-12-6-4-8-18(12)22(2,19)20;/h3,5,7,9,12H,4,6,8,10H2,1-2H3,(H3,15,16,17);1H/t12-;/m1./s1. The van der Waals surface area contributed by atoms with Gasteiger partial charge in [0.15, 0.2) is 5.96 Å². The summed E-state index contributed by atoms with van der Waals surface area (Å²) in [7, 11) is -1.59. The minimum absolute atomic E-state index is 0. The minimum Gasteiger partial charge on any atom is -0.497 e. The van der Waals surface area contributed by atoms with Crippen molar-refractivity contribution in [2.24, 2.45) is 10.7 Å². The van der Waals surface area contributed by atoms with E-state index in [0.717, 1.165) is 24.3 Å². The summed E-state index contributed by atoms with van der Waals surface area (Å²) in [5.41, 5.74) is 6.63. The normalized spacial score (nSPS) is 19.2. The van der Waals surface area contributed by atoms with Crippen LogP contribution in [0.3, 0.4) is 0 Å². The maximum absolute atomic E-state index is 11.7. The van der Waals surface area contributed by atoms with Crippen LogP contribution in [-0.2, 0) is 10.0 Å². The van der Waals surface area contributed by atoms with Gasteiger partial charge in [-0.25, -0.2) is 8.42 Å². The fourth-order valence-electron chi connectivity index (χ4n) is 2.52. The van der Waals surface area contributed by atoms with Crippen molar-refractivity contribution in [2.45, 2.75) is 18.9 Å². The number of sulfonamides is 1. The highest BCUT2D eigenvalue weighted by Crippen LogP contribution is 2.20. The van der Waals surface area contributed by atoms with Crippen molar-refractivity contribution >= 4 is 45.6 Å². The molecule has 1 heterocycles. The summed E-state index contributed by atoms with van der Waals surface area (Å²) in [5.74, 6) is 0.977. The van der Waals surface area contributed by atoms with Crippen LogP contribution < -0.4 is 15.8 Å². The van der Waals surface area contributed by atoms with Gasteiger partial charge in [0.1, 0.15) is 5.75 Å². The predicted molar refractivity (Wildman–Crippen MR) is 103 cm³/mol. The summed E-state index contributed by atoms with van der Waals surface area (Å²) in [6.45, 7) is 0.915. The molecule has 0 aromatic heterocycles. The molecular weight excluding hydrogens is 431 g/mol. The van der Waals surface area contributed by atoms with Crippen LogP contribution in [0, 0.1) is 0 Å². The molecule has 23 heavy (non-hydrogen) atoms. The monoisotopic (exact) mass is 454 g/mol. The first-order chi connectivity index (χ1) is 10.4. The van der Waals surface area contributed by atoms with Crippen molar-refractivity contribution in [1.29, 1.82) is 0 Å². The number of hydrogen-bond acceptors (Lipinski definition) is 4. The van der Waals surface area contributed by atoms with Gasteiger partial charge in [-0.15, -0.1) is 24.0 Å². The largest absolute Gasteiger partial charge is 0.497 e. The van der Waals surface area contributed by atoms with Crippen LogP contribution in [0.1, 0.15) is 12.8 Å². The third-order valence-electron chi connectivity index (χ3n) is 3.56. The number of halogens is 1. The Morgan fingerprint density at radius 2 is 2.26 bits per heavy atom. The summed E-state index contributed by atoms with van der Waals surface area (Å²) >= 11 is 0. The Labute approximate surface area is 154 Å². The maximum Gasteiger partial charge on any atom is 0.211 e. The SMILES string of the molecule is COc1cccc(NC(N)=NC[C@H]2CCCN2S(C)(=O)=O)c1.I. The summed E-state index contributed by atoms with van der Waals surface area (Å²) in [6, 6.07) is 7.22. The molecule has 0 spiro atoms. The fourth-order valence-corrected chi connectivity index (χ4v) is 3.69. The molecule has 3 N–H and O–H groups in total. The summed E-state index contributed by atoms with van der Waals surface area (Å²) in [5, 5.41) is 2.97. The first-order valence-electron chi connectivity index (χ1n) is 7.08. The molecule has 2 rings (SSSR count). The van der Waals surface area contributed by atoms with E-state index in [-0.39, 0.29) is 36.0 Å². The Morgan fingerprint density at radius 1 is 1.52 bits per heavy atom. The number of ether oxygens (including phenoxy) is 1. The molecule has 1 fully saturated rings. The summed E-state index contributed by atoms with van der Waals surface area (Å²) in [4.78, 5) is 4.26. The molecule has 0 unspecified atom stereocenters. The van der Waals surface area contributed by atoms with Crippen molar-refractivity contribution < 1.29 is 13.2 Å². The Bertz CT molecular complexity index is 651. The van der Waals surface area contributed by atoms with Gasteiger partial charge in [0.05, 0.1) is 19.9 Å². The van der Waals surface area contributed by atoms with Gasteiger partial charge in [0.2, 0.25) is 10.0 Å². The van der Waals surface area contributed by atoms with Gasteiger partial charge in [-0.3, -0.25) is 4.99 Å². The number of nitrogens with one attached hydrogen (secondary N) is 1. The second-order valence-corrected chi connectivity index (χ2v) is 7.19. The highest BCUT2D eigenvalue weighted by atomic mass is 127. The van der Waals surface area contributed by atoms with E-state index in [2.05, 4.69) is 10.3 Å². The molecule has 0 aliphatic carbocycles. The van der Waals surface area contributed by atoms with E-state index in [1.54, 1.807) is 13.2 Å². The lowest BCUT2D eigenvalue weighted by molar-refractivity contribution is 0.397. The van der Waals surface area contributed by atoms with Crippen LogP contribution in [0.2, 0.25) is 0 Å². The highest BCUT2D eigenvalue weighted by Gasteiger charge is 2.30. The number of nitrogens with zero attached hydrogens (tertiary/aromatic N) is 2. The van der Waals surface area contributed by atoms with E-state index in [4.69, 9.17) is 10.5 Å². The van der Waals surface area contributed by atoms with Crippen LogP contribution >= 0.6 is 24.0 Å². The van der Waals surface area contributed by atoms with Gasteiger partial charge >= 0.3 is 0 Å². The molecular formula is C14H23IN4O3S. The number of benzene rings is 1. The molecule has 9 heteroatoms. The molecule has 0 radical (unpaired) electrons. The first kappa shape index (κ1) is 20.0.